The molecule has 0 saturated heterocycles. The Morgan fingerprint density at radius 2 is 1.88 bits per heavy atom. The molecule has 8 heteroatoms. The smallest absolute Gasteiger partial charge is 0.271 e. The van der Waals surface area contributed by atoms with Crippen LogP contribution in [-0.2, 0) is 16.3 Å². The van der Waals surface area contributed by atoms with E-state index in [9.17, 15) is 13.2 Å². The molecule has 0 saturated carbocycles. The second kappa shape index (κ2) is 7.83. The van der Waals surface area contributed by atoms with E-state index < -0.39 is 9.84 Å². The van der Waals surface area contributed by atoms with Gasteiger partial charge in [0.1, 0.15) is 4.70 Å². The monoisotopic (exact) mass is 484 g/mol. The summed E-state index contributed by atoms with van der Waals surface area (Å²) in [6.45, 7) is 2.09. The molecule has 0 N–H and O–H groups in total. The van der Waals surface area contributed by atoms with Gasteiger partial charge in [-0.05, 0) is 59.9 Å². The summed E-state index contributed by atoms with van der Waals surface area (Å²) < 4.78 is 26.2. The van der Waals surface area contributed by atoms with Gasteiger partial charge in [-0.2, -0.15) is 0 Å². The predicted octanol–water partition coefficient (Wildman–Crippen LogP) is 5.47. The van der Waals surface area contributed by atoms with Crippen LogP contribution in [0.3, 0.4) is 0 Å². The minimum Gasteiger partial charge on any atom is -0.294 e. The van der Waals surface area contributed by atoms with Crippen molar-refractivity contribution < 1.29 is 8.42 Å². The van der Waals surface area contributed by atoms with Crippen LogP contribution in [0.15, 0.2) is 64.5 Å². The fourth-order valence-electron chi connectivity index (χ4n) is 4.53. The van der Waals surface area contributed by atoms with Gasteiger partial charge in [-0.3, -0.25) is 9.36 Å². The summed E-state index contributed by atoms with van der Waals surface area (Å²) in [4.78, 5) is 19.3. The Balaban J connectivity index is 1.53. The Kier molecular flexibility index (Phi) is 5.23. The highest BCUT2D eigenvalue weighted by atomic mass is 35.5. The number of hydrogen-bond donors (Lipinski definition) is 0. The summed E-state index contributed by atoms with van der Waals surface area (Å²) in [5, 5.41) is 0.672. The second-order valence-corrected chi connectivity index (χ2v) is 11.8. The molecule has 0 bridgehead atoms. The number of rotatable bonds is 3. The molecule has 32 heavy (non-hydrogen) atoms. The molecular formula is C24H21ClN2O3S2. The van der Waals surface area contributed by atoms with E-state index in [1.54, 1.807) is 23.0 Å². The molecule has 2 atom stereocenters. The summed E-state index contributed by atoms with van der Waals surface area (Å²) in [5.74, 6) is 0.0695. The summed E-state index contributed by atoms with van der Waals surface area (Å²) in [6, 6.07) is 14.8. The maximum Gasteiger partial charge on any atom is 0.271 e. The standard InChI is InChI=1S/C24H21ClN2O3S2/c1-14-19-9-8-18(32(2,29)30)11-16(19)5-10-21(14)27-13-26-20-12-22(31-23(20)24(27)28)15-3-6-17(25)7-4-15/h3-4,6-9,11-14,21H,5,10H2,1-2H3/t14-,21?/m0/s1. The lowest BCUT2D eigenvalue weighted by Crippen LogP contribution is -2.30. The normalized spacial score (nSPS) is 18.6. The van der Waals surface area contributed by atoms with E-state index in [1.165, 1.54) is 17.6 Å². The van der Waals surface area contributed by atoms with Crippen LogP contribution in [0.1, 0.15) is 36.4 Å². The van der Waals surface area contributed by atoms with Gasteiger partial charge in [0.2, 0.25) is 0 Å². The molecule has 0 amide bonds. The van der Waals surface area contributed by atoms with E-state index in [0.29, 0.717) is 20.1 Å². The van der Waals surface area contributed by atoms with Crippen LogP contribution >= 0.6 is 22.9 Å². The SMILES string of the molecule is C[C@H]1c2ccc(S(C)(=O)=O)cc2CCC1n1cnc2cc(-c3ccc(Cl)cc3)sc2c1=O. The van der Waals surface area contributed by atoms with Gasteiger partial charge in [-0.1, -0.05) is 36.7 Å². The van der Waals surface area contributed by atoms with Gasteiger partial charge in [-0.15, -0.1) is 11.3 Å². The molecule has 0 aliphatic heterocycles. The summed E-state index contributed by atoms with van der Waals surface area (Å²) in [7, 11) is -3.24. The first kappa shape index (κ1) is 21.4. The molecule has 1 aliphatic rings. The molecule has 2 heterocycles. The Hall–Kier alpha value is -2.48. The average Bonchev–Trinajstić information content (AvgIpc) is 3.20. The van der Waals surface area contributed by atoms with Crippen molar-refractivity contribution in [2.24, 2.45) is 0 Å². The lowest BCUT2D eigenvalue weighted by atomic mass is 9.80. The van der Waals surface area contributed by atoms with Gasteiger partial charge < -0.3 is 0 Å². The van der Waals surface area contributed by atoms with Crippen molar-refractivity contribution in [2.75, 3.05) is 6.26 Å². The van der Waals surface area contributed by atoms with Crippen molar-refractivity contribution in [3.63, 3.8) is 0 Å². The highest BCUT2D eigenvalue weighted by molar-refractivity contribution is 7.90. The molecule has 2 aromatic carbocycles. The number of sulfone groups is 1. The van der Waals surface area contributed by atoms with Crippen molar-refractivity contribution in [1.29, 1.82) is 0 Å². The van der Waals surface area contributed by atoms with E-state index in [1.807, 2.05) is 36.4 Å². The zero-order valence-corrected chi connectivity index (χ0v) is 20.0. The largest absolute Gasteiger partial charge is 0.294 e. The topological polar surface area (TPSA) is 69.0 Å². The van der Waals surface area contributed by atoms with Gasteiger partial charge in [-0.25, -0.2) is 13.4 Å². The van der Waals surface area contributed by atoms with Crippen molar-refractivity contribution >= 4 is 43.0 Å². The predicted molar refractivity (Wildman–Crippen MR) is 130 cm³/mol. The number of fused-ring (bicyclic) bond motifs is 2. The molecule has 5 rings (SSSR count). The first-order valence-corrected chi connectivity index (χ1v) is 13.4. The van der Waals surface area contributed by atoms with Crippen LogP contribution in [-0.4, -0.2) is 24.2 Å². The molecule has 5 nitrogen and oxygen atoms in total. The molecule has 0 spiro atoms. The zero-order valence-electron chi connectivity index (χ0n) is 17.6. The van der Waals surface area contributed by atoms with Crippen molar-refractivity contribution in [3.05, 3.63) is 81.4 Å². The molecule has 1 aliphatic carbocycles. The highest BCUT2D eigenvalue weighted by Crippen LogP contribution is 2.40. The maximum atomic E-state index is 13.4. The van der Waals surface area contributed by atoms with Crippen LogP contribution in [0.5, 0.6) is 0 Å². The molecule has 1 unspecified atom stereocenters. The van der Waals surface area contributed by atoms with Gasteiger partial charge in [0.05, 0.1) is 16.7 Å². The molecular weight excluding hydrogens is 464 g/mol. The van der Waals surface area contributed by atoms with E-state index >= 15 is 0 Å². The maximum absolute atomic E-state index is 13.4. The number of aromatic nitrogens is 2. The van der Waals surface area contributed by atoms with Crippen molar-refractivity contribution in [3.8, 4) is 10.4 Å². The molecule has 4 aromatic rings. The summed E-state index contributed by atoms with van der Waals surface area (Å²) >= 11 is 7.45. The lowest BCUT2D eigenvalue weighted by Gasteiger charge is -2.32. The van der Waals surface area contributed by atoms with E-state index in [0.717, 1.165) is 34.4 Å². The van der Waals surface area contributed by atoms with Crippen molar-refractivity contribution in [2.45, 2.75) is 36.6 Å². The van der Waals surface area contributed by atoms with Gasteiger partial charge >= 0.3 is 0 Å². The zero-order chi connectivity index (χ0) is 22.6. The van der Waals surface area contributed by atoms with Crippen LogP contribution < -0.4 is 5.56 Å². The lowest BCUT2D eigenvalue weighted by molar-refractivity contribution is 0.371. The third kappa shape index (κ3) is 3.68. The Bertz CT molecular complexity index is 1500. The van der Waals surface area contributed by atoms with Crippen LogP contribution in [0.25, 0.3) is 20.7 Å². The summed E-state index contributed by atoms with van der Waals surface area (Å²) in [5.41, 5.74) is 3.80. The number of nitrogens with zero attached hydrogens (tertiary/aromatic N) is 2. The van der Waals surface area contributed by atoms with Crippen LogP contribution in [0.2, 0.25) is 5.02 Å². The minimum absolute atomic E-state index is 0.0305. The van der Waals surface area contributed by atoms with Crippen LogP contribution in [0, 0.1) is 0 Å². The molecule has 0 radical (unpaired) electrons. The van der Waals surface area contributed by atoms with Gasteiger partial charge in [0.15, 0.2) is 9.84 Å². The van der Waals surface area contributed by atoms with Gasteiger partial charge in [0, 0.05) is 28.1 Å². The Labute approximate surface area is 195 Å². The third-order valence-electron chi connectivity index (χ3n) is 6.27. The molecule has 2 aromatic heterocycles. The fourth-order valence-corrected chi connectivity index (χ4v) is 6.38. The molecule has 164 valence electrons. The van der Waals surface area contributed by atoms with E-state index in [2.05, 4.69) is 11.9 Å². The number of halogens is 1. The van der Waals surface area contributed by atoms with E-state index in [-0.39, 0.29) is 17.5 Å². The number of benzene rings is 2. The summed E-state index contributed by atoms with van der Waals surface area (Å²) in [6.07, 6.45) is 4.35. The number of thiophene rings is 1. The third-order valence-corrected chi connectivity index (χ3v) is 8.79. The van der Waals surface area contributed by atoms with Crippen LogP contribution in [0.4, 0.5) is 0 Å². The Morgan fingerprint density at radius 3 is 2.59 bits per heavy atom. The number of hydrogen-bond acceptors (Lipinski definition) is 5. The molecule has 0 fully saturated rings. The Morgan fingerprint density at radius 1 is 1.12 bits per heavy atom. The first-order valence-electron chi connectivity index (χ1n) is 10.3. The second-order valence-electron chi connectivity index (χ2n) is 8.32. The average molecular weight is 485 g/mol. The van der Waals surface area contributed by atoms with Crippen molar-refractivity contribution in [1.82, 2.24) is 9.55 Å². The first-order chi connectivity index (χ1) is 15.2. The quantitative estimate of drug-likeness (QED) is 0.386. The highest BCUT2D eigenvalue weighted by Gasteiger charge is 2.29. The number of aryl methyl sites for hydroxylation is 1. The van der Waals surface area contributed by atoms with E-state index in [4.69, 9.17) is 11.6 Å². The minimum atomic E-state index is -3.24. The van der Waals surface area contributed by atoms with Gasteiger partial charge in [0.25, 0.3) is 5.56 Å². The fraction of sp³-hybridized carbons (Fsp3) is 0.250.